The van der Waals surface area contributed by atoms with E-state index in [0.717, 1.165) is 0 Å². The Hall–Kier alpha value is -0.180. The van der Waals surface area contributed by atoms with Crippen LogP contribution in [0.2, 0.25) is 0 Å². The van der Waals surface area contributed by atoms with Crippen molar-refractivity contribution in [2.75, 3.05) is 0 Å². The van der Waals surface area contributed by atoms with E-state index in [-0.39, 0.29) is 0 Å². The van der Waals surface area contributed by atoms with Crippen LogP contribution < -0.4 is 0 Å². The smallest absolute Gasteiger partial charge is 0.390 e. The lowest BCUT2D eigenvalue weighted by atomic mass is 11.5. The maximum absolute atomic E-state index is 10.0. The molecule has 0 saturated carbocycles. The molecule has 26 valence electrons. The highest BCUT2D eigenvalue weighted by atomic mass is 19.3. The Balaban J connectivity index is 2.32. The van der Waals surface area contributed by atoms with Crippen LogP contribution >= 0.6 is 0 Å². The predicted octanol–water partition coefficient (Wildman–Crippen LogP) is -0.0664. The molecule has 0 rings (SSSR count). The van der Waals surface area contributed by atoms with Crippen molar-refractivity contribution < 1.29 is 13.9 Å². The monoisotopic (exact) mass is 69.0 g/mol. The molecule has 4 heavy (non-hydrogen) atoms. The molecule has 0 aromatic rings. The third kappa shape index (κ3) is 37.8. The second kappa shape index (κ2) is 1.17. The van der Waals surface area contributed by atoms with Crippen molar-refractivity contribution in [2.24, 2.45) is 0 Å². The molecule has 0 amide bonds. The summed E-state index contributed by atoms with van der Waals surface area (Å²) in [5, 5.41) is 5.25. The molecule has 0 radical (unpaired) electrons. The zero-order chi connectivity index (χ0) is 3.58. The molecule has 0 saturated heterocycles. The zero-order valence-corrected chi connectivity index (χ0v) is 1.83. The largest absolute Gasteiger partial charge is 0.458 e. The molecule has 0 fully saturated rings. The lowest BCUT2D eigenvalue weighted by molar-refractivity contribution is -0.0728. The summed E-state index contributed by atoms with van der Waals surface area (Å²) in [5.41, 5.74) is 0. The van der Waals surface area contributed by atoms with Crippen molar-refractivity contribution in [1.29, 1.82) is 0 Å². The Kier molecular flexibility index (Phi) is 1.12. The van der Waals surface area contributed by atoms with Crippen molar-refractivity contribution in [1.82, 2.24) is 0 Å². The molecule has 0 aromatic carbocycles. The maximum atomic E-state index is 10.0. The van der Waals surface area contributed by atoms with E-state index in [1.807, 2.05) is 0 Å². The van der Waals surface area contributed by atoms with Gasteiger partial charge < -0.3 is 5.11 Å². The van der Waals surface area contributed by atoms with E-state index in [4.69, 9.17) is 5.11 Å². The average Bonchev–Trinajstić information content (AvgIpc) is 0.811. The van der Waals surface area contributed by atoms with Crippen LogP contribution in [0.25, 0.3) is 0 Å². The van der Waals surface area contributed by atoms with Crippen LogP contribution in [-0.2, 0) is 0 Å². The summed E-state index contributed by atoms with van der Waals surface area (Å²) < 4.78 is 20.0. The first-order valence-corrected chi connectivity index (χ1v) is 0.725. The minimum absolute atomic E-state index is 2.92. The van der Waals surface area contributed by atoms with E-state index in [2.05, 4.69) is 0 Å². The summed E-state index contributed by atoms with van der Waals surface area (Å²) in [7, 11) is 0. The third-order valence-corrected chi connectivity index (χ3v) is 0. The standard InChI is InChI=1S/CH2F2O/c2-1(3)4/h1,4H/p+1. The van der Waals surface area contributed by atoms with E-state index >= 15 is 0 Å². The lowest BCUT2D eigenvalue weighted by Gasteiger charge is -1.65. The number of rotatable bonds is 0. The molecule has 0 aliphatic heterocycles. The van der Waals surface area contributed by atoms with Crippen molar-refractivity contribution in [3.63, 3.8) is 0 Å². The second-order valence-corrected chi connectivity index (χ2v) is 0.301. The molecular formula is CH3F2O+. The number of halogens is 2. The minimum Gasteiger partial charge on any atom is -0.390 e. The van der Waals surface area contributed by atoms with E-state index in [1.165, 1.54) is 0 Å². The number of hydrogen-bond acceptors (Lipinski definition) is 0. The van der Waals surface area contributed by atoms with Gasteiger partial charge in [0.2, 0.25) is 0 Å². The normalized spacial score (nSPS) is 9.00. The number of alkyl halides is 2. The van der Waals surface area contributed by atoms with Gasteiger partial charge in [0.25, 0.3) is 0 Å². The minimum atomic E-state index is -2.92. The Morgan fingerprint density at radius 2 is 1.50 bits per heavy atom. The SMILES string of the molecule is [OH2+]C(F)F. The van der Waals surface area contributed by atoms with Crippen molar-refractivity contribution >= 4 is 0 Å². The fourth-order valence-corrected chi connectivity index (χ4v) is 0. The number of hydrogen-bond donors (Lipinski definition) is 0. The van der Waals surface area contributed by atoms with Crippen LogP contribution in [0.5, 0.6) is 0 Å². The van der Waals surface area contributed by atoms with E-state index in [9.17, 15) is 8.78 Å². The summed E-state index contributed by atoms with van der Waals surface area (Å²) in [4.78, 5) is 0. The molecule has 0 aliphatic carbocycles. The molecule has 0 aliphatic rings. The highest BCUT2D eigenvalue weighted by Gasteiger charge is 1.89. The van der Waals surface area contributed by atoms with Gasteiger partial charge >= 0.3 is 6.61 Å². The molecule has 0 spiro atoms. The Morgan fingerprint density at radius 3 is 1.50 bits per heavy atom. The summed E-state index contributed by atoms with van der Waals surface area (Å²) >= 11 is 0. The second-order valence-electron chi connectivity index (χ2n) is 0.301. The van der Waals surface area contributed by atoms with Crippen LogP contribution in [0.15, 0.2) is 0 Å². The van der Waals surface area contributed by atoms with Gasteiger partial charge in [-0.15, -0.1) is 8.78 Å². The lowest BCUT2D eigenvalue weighted by Crippen LogP contribution is -1.78. The third-order valence-electron chi connectivity index (χ3n) is 0. The van der Waals surface area contributed by atoms with E-state index in [0.29, 0.717) is 0 Å². The van der Waals surface area contributed by atoms with Crippen LogP contribution in [0, 0.1) is 0 Å². The Morgan fingerprint density at radius 1 is 1.50 bits per heavy atom. The van der Waals surface area contributed by atoms with Crippen LogP contribution in [-0.4, -0.2) is 11.7 Å². The average molecular weight is 69.0 g/mol. The summed E-state index contributed by atoms with van der Waals surface area (Å²) in [6, 6.07) is 0. The van der Waals surface area contributed by atoms with Crippen LogP contribution in [0.1, 0.15) is 0 Å². The van der Waals surface area contributed by atoms with Crippen molar-refractivity contribution in [3.8, 4) is 0 Å². The maximum Gasteiger partial charge on any atom is 0.458 e. The summed E-state index contributed by atoms with van der Waals surface area (Å²) in [6.07, 6.45) is 0. The summed E-state index contributed by atoms with van der Waals surface area (Å²) in [6.45, 7) is -2.92. The molecule has 3 heteroatoms. The fourth-order valence-electron chi connectivity index (χ4n) is 0. The fraction of sp³-hybridized carbons (Fsp3) is 1.00. The molecule has 0 bridgehead atoms. The van der Waals surface area contributed by atoms with E-state index in [1.54, 1.807) is 0 Å². The van der Waals surface area contributed by atoms with Crippen molar-refractivity contribution in [2.45, 2.75) is 6.61 Å². The van der Waals surface area contributed by atoms with Gasteiger partial charge in [-0.1, -0.05) is 0 Å². The van der Waals surface area contributed by atoms with Gasteiger partial charge in [0, 0.05) is 0 Å². The van der Waals surface area contributed by atoms with Gasteiger partial charge in [0.15, 0.2) is 0 Å². The van der Waals surface area contributed by atoms with Crippen molar-refractivity contribution in [3.05, 3.63) is 0 Å². The first-order chi connectivity index (χ1) is 1.73. The predicted molar refractivity (Wildman–Crippen MR) is 9.62 cm³/mol. The molecule has 0 unspecified atom stereocenters. The molecule has 2 N–H and O–H groups in total. The van der Waals surface area contributed by atoms with Crippen LogP contribution in [0.3, 0.4) is 0 Å². The summed E-state index contributed by atoms with van der Waals surface area (Å²) in [5.74, 6) is 0. The first kappa shape index (κ1) is 3.82. The van der Waals surface area contributed by atoms with Gasteiger partial charge in [-0.05, 0) is 0 Å². The molecule has 1 nitrogen and oxygen atoms in total. The highest BCUT2D eigenvalue weighted by Crippen LogP contribution is 1.77. The van der Waals surface area contributed by atoms with Crippen LogP contribution in [0.4, 0.5) is 8.78 Å². The molecule has 0 heterocycles. The molecule has 0 atom stereocenters. The quantitative estimate of drug-likeness (QED) is 0.355. The van der Waals surface area contributed by atoms with Gasteiger partial charge in [0.05, 0.1) is 0 Å². The van der Waals surface area contributed by atoms with Gasteiger partial charge in [0.1, 0.15) is 0 Å². The zero-order valence-electron chi connectivity index (χ0n) is 1.83. The highest BCUT2D eigenvalue weighted by molar-refractivity contribution is 3.81. The topological polar surface area (TPSA) is 22.9 Å². The molecular weight excluding hydrogens is 66.0 g/mol. The Bertz CT molecular complexity index is 10.8. The Labute approximate surface area is 21.9 Å². The van der Waals surface area contributed by atoms with Gasteiger partial charge in [-0.3, -0.25) is 0 Å². The van der Waals surface area contributed by atoms with E-state index < -0.39 is 6.61 Å². The van der Waals surface area contributed by atoms with Gasteiger partial charge in [-0.2, -0.15) is 0 Å². The van der Waals surface area contributed by atoms with Gasteiger partial charge in [-0.25, -0.2) is 0 Å². The molecule has 0 aromatic heterocycles. The first-order valence-electron chi connectivity index (χ1n) is 0.725.